The molecule has 0 aliphatic heterocycles. The van der Waals surface area contributed by atoms with Crippen LogP contribution >= 0.6 is 12.4 Å². The van der Waals surface area contributed by atoms with E-state index in [0.717, 1.165) is 5.56 Å². The van der Waals surface area contributed by atoms with Crippen molar-refractivity contribution in [1.29, 1.82) is 0 Å². The summed E-state index contributed by atoms with van der Waals surface area (Å²) in [5, 5.41) is 27.4. The van der Waals surface area contributed by atoms with Gasteiger partial charge in [0.25, 0.3) is 0 Å². The van der Waals surface area contributed by atoms with Crippen molar-refractivity contribution < 1.29 is 10.2 Å². The molecule has 0 bridgehead atoms. The molecule has 0 amide bonds. The Bertz CT molecular complexity index is 1100. The van der Waals surface area contributed by atoms with E-state index >= 15 is 0 Å². The van der Waals surface area contributed by atoms with Crippen LogP contribution in [-0.4, -0.2) is 33.5 Å². The summed E-state index contributed by atoms with van der Waals surface area (Å²) < 4.78 is 2.23. The second-order valence-corrected chi connectivity index (χ2v) is 7.28. The maximum atomic E-state index is 9.56. The summed E-state index contributed by atoms with van der Waals surface area (Å²) >= 11 is 0. The Balaban J connectivity index is 0.00000210. The Morgan fingerprint density at radius 3 is 2.15 bits per heavy atom. The van der Waals surface area contributed by atoms with Crippen molar-refractivity contribution in [3.8, 4) is 0 Å². The van der Waals surface area contributed by atoms with Crippen molar-refractivity contribution in [3.63, 3.8) is 0 Å². The van der Waals surface area contributed by atoms with E-state index in [1.807, 2.05) is 6.92 Å². The standard InChI is InChI=1S/C22H24N2O2.ClH/c1-22(13-25,14-26)23-12-15-11-20-21(17-8-4-3-7-16(15)17)18-9-5-6-10-19(18)24(20)2;/h3-11,23,25-26H,12-14H2,1-2H3;1H. The molecule has 3 aromatic carbocycles. The fourth-order valence-electron chi connectivity index (χ4n) is 3.71. The summed E-state index contributed by atoms with van der Waals surface area (Å²) in [5.41, 5.74) is 2.87. The van der Waals surface area contributed by atoms with Gasteiger partial charge in [-0.05, 0) is 35.4 Å². The summed E-state index contributed by atoms with van der Waals surface area (Å²) in [6.45, 7) is 2.18. The molecule has 0 fully saturated rings. The van der Waals surface area contributed by atoms with E-state index < -0.39 is 5.54 Å². The Hall–Kier alpha value is -2.11. The van der Waals surface area contributed by atoms with Crippen LogP contribution in [-0.2, 0) is 13.6 Å². The van der Waals surface area contributed by atoms with Crippen molar-refractivity contribution in [2.24, 2.45) is 7.05 Å². The maximum Gasteiger partial charge on any atom is 0.0633 e. The molecule has 3 N–H and O–H groups in total. The number of nitrogens with one attached hydrogen (secondary N) is 1. The van der Waals surface area contributed by atoms with Crippen LogP contribution in [0, 0.1) is 0 Å². The largest absolute Gasteiger partial charge is 0.394 e. The molecule has 0 atom stereocenters. The second-order valence-electron chi connectivity index (χ2n) is 7.28. The first-order valence-corrected chi connectivity index (χ1v) is 8.92. The zero-order chi connectivity index (χ0) is 18.3. The monoisotopic (exact) mass is 384 g/mol. The van der Waals surface area contributed by atoms with E-state index in [9.17, 15) is 10.2 Å². The lowest BCUT2D eigenvalue weighted by Crippen LogP contribution is -2.48. The molecule has 0 spiro atoms. The van der Waals surface area contributed by atoms with Crippen molar-refractivity contribution in [2.75, 3.05) is 13.2 Å². The molecule has 4 nitrogen and oxygen atoms in total. The number of fused-ring (bicyclic) bond motifs is 5. The van der Waals surface area contributed by atoms with Gasteiger partial charge in [0.1, 0.15) is 0 Å². The molecular weight excluding hydrogens is 360 g/mol. The van der Waals surface area contributed by atoms with E-state index in [1.165, 1.54) is 32.6 Å². The van der Waals surface area contributed by atoms with Gasteiger partial charge in [-0.25, -0.2) is 0 Å². The third-order valence-corrected chi connectivity index (χ3v) is 5.41. The van der Waals surface area contributed by atoms with Crippen LogP contribution in [0.3, 0.4) is 0 Å². The molecule has 27 heavy (non-hydrogen) atoms. The molecule has 0 saturated heterocycles. The number of aryl methyl sites for hydroxylation is 1. The van der Waals surface area contributed by atoms with E-state index in [1.54, 1.807) is 0 Å². The van der Waals surface area contributed by atoms with Crippen LogP contribution in [0.25, 0.3) is 32.6 Å². The van der Waals surface area contributed by atoms with Crippen LogP contribution in [0.15, 0.2) is 54.6 Å². The lowest BCUT2D eigenvalue weighted by Gasteiger charge is -2.26. The van der Waals surface area contributed by atoms with E-state index in [0.29, 0.717) is 6.54 Å². The fraction of sp³-hybridized carbons (Fsp3) is 0.273. The molecule has 1 aromatic heterocycles. The van der Waals surface area contributed by atoms with Gasteiger partial charge < -0.3 is 20.1 Å². The minimum absolute atomic E-state index is 0. The lowest BCUT2D eigenvalue weighted by molar-refractivity contribution is 0.103. The minimum Gasteiger partial charge on any atom is -0.394 e. The molecule has 0 aliphatic carbocycles. The Morgan fingerprint density at radius 1 is 0.889 bits per heavy atom. The Labute approximate surface area is 164 Å². The molecule has 5 heteroatoms. The molecule has 1 heterocycles. The lowest BCUT2D eigenvalue weighted by atomic mass is 9.98. The highest BCUT2D eigenvalue weighted by Crippen LogP contribution is 2.36. The summed E-state index contributed by atoms with van der Waals surface area (Å²) in [7, 11) is 2.10. The molecule has 4 rings (SSSR count). The van der Waals surface area contributed by atoms with Crippen LogP contribution in [0.5, 0.6) is 0 Å². The third kappa shape index (κ3) is 3.19. The first-order chi connectivity index (χ1) is 12.6. The number of nitrogens with zero attached hydrogens (tertiary/aromatic N) is 1. The summed E-state index contributed by atoms with van der Waals surface area (Å²) in [6, 6.07) is 19.1. The molecule has 0 radical (unpaired) electrons. The van der Waals surface area contributed by atoms with Crippen LogP contribution in [0.2, 0.25) is 0 Å². The zero-order valence-electron chi connectivity index (χ0n) is 15.6. The second kappa shape index (κ2) is 7.49. The number of para-hydroxylation sites is 1. The predicted molar refractivity (Wildman–Crippen MR) is 115 cm³/mol. The Morgan fingerprint density at radius 2 is 1.48 bits per heavy atom. The first kappa shape index (κ1) is 19.6. The van der Waals surface area contributed by atoms with Crippen molar-refractivity contribution in [3.05, 3.63) is 60.2 Å². The highest BCUT2D eigenvalue weighted by atomic mass is 35.5. The van der Waals surface area contributed by atoms with E-state index in [2.05, 4.69) is 71.5 Å². The average molecular weight is 385 g/mol. The van der Waals surface area contributed by atoms with E-state index in [-0.39, 0.29) is 25.6 Å². The van der Waals surface area contributed by atoms with Gasteiger partial charge in [-0.15, -0.1) is 12.4 Å². The average Bonchev–Trinajstić information content (AvgIpc) is 2.98. The van der Waals surface area contributed by atoms with Gasteiger partial charge in [0.2, 0.25) is 0 Å². The van der Waals surface area contributed by atoms with Gasteiger partial charge in [-0.3, -0.25) is 0 Å². The van der Waals surface area contributed by atoms with Gasteiger partial charge in [-0.2, -0.15) is 0 Å². The maximum absolute atomic E-state index is 9.56. The summed E-state index contributed by atoms with van der Waals surface area (Å²) in [6.07, 6.45) is 0. The molecule has 0 saturated carbocycles. The number of aromatic nitrogens is 1. The van der Waals surface area contributed by atoms with Crippen molar-refractivity contribution in [2.45, 2.75) is 19.0 Å². The van der Waals surface area contributed by atoms with E-state index in [4.69, 9.17) is 0 Å². The number of rotatable bonds is 5. The number of hydrogen-bond donors (Lipinski definition) is 3. The molecule has 142 valence electrons. The molecule has 4 aromatic rings. The van der Waals surface area contributed by atoms with Gasteiger partial charge in [0.15, 0.2) is 0 Å². The number of hydrogen-bond acceptors (Lipinski definition) is 3. The SMILES string of the molecule is Cl.Cn1c2ccccc2c2c3ccccc3c(CNC(C)(CO)CO)cc21. The van der Waals surface area contributed by atoms with Gasteiger partial charge in [-0.1, -0.05) is 42.5 Å². The fourth-order valence-corrected chi connectivity index (χ4v) is 3.71. The van der Waals surface area contributed by atoms with Crippen LogP contribution < -0.4 is 5.32 Å². The Kier molecular flexibility index (Phi) is 5.45. The third-order valence-electron chi connectivity index (χ3n) is 5.41. The molecule has 0 unspecified atom stereocenters. The highest BCUT2D eigenvalue weighted by molar-refractivity contribution is 6.21. The number of aliphatic hydroxyl groups is 2. The summed E-state index contributed by atoms with van der Waals surface area (Å²) in [4.78, 5) is 0. The molecular formula is C22H25ClN2O2. The van der Waals surface area contributed by atoms with Gasteiger partial charge in [0.05, 0.1) is 18.8 Å². The quantitative estimate of drug-likeness (QED) is 0.491. The molecule has 0 aliphatic rings. The normalized spacial score (nSPS) is 12.0. The topological polar surface area (TPSA) is 57.4 Å². The number of benzene rings is 3. The minimum atomic E-state index is -0.699. The first-order valence-electron chi connectivity index (χ1n) is 8.92. The summed E-state index contributed by atoms with van der Waals surface area (Å²) in [5.74, 6) is 0. The van der Waals surface area contributed by atoms with Crippen LogP contribution in [0.1, 0.15) is 12.5 Å². The van der Waals surface area contributed by atoms with Gasteiger partial charge >= 0.3 is 0 Å². The number of aliphatic hydroxyl groups excluding tert-OH is 2. The highest BCUT2D eigenvalue weighted by Gasteiger charge is 2.22. The van der Waals surface area contributed by atoms with Crippen molar-refractivity contribution in [1.82, 2.24) is 9.88 Å². The van der Waals surface area contributed by atoms with Gasteiger partial charge in [0, 0.05) is 35.4 Å². The smallest absolute Gasteiger partial charge is 0.0633 e. The number of halogens is 1. The predicted octanol–water partition coefficient (Wildman–Crippen LogP) is 3.74. The van der Waals surface area contributed by atoms with Crippen LogP contribution in [0.4, 0.5) is 0 Å². The zero-order valence-corrected chi connectivity index (χ0v) is 16.4. The van der Waals surface area contributed by atoms with Crippen molar-refractivity contribution >= 4 is 45.0 Å².